The van der Waals surface area contributed by atoms with Gasteiger partial charge in [-0.1, -0.05) is 173 Å². The van der Waals surface area contributed by atoms with Crippen molar-refractivity contribution in [2.24, 2.45) is 23.7 Å². The maximum atomic E-state index is 10.8. The summed E-state index contributed by atoms with van der Waals surface area (Å²) in [6.07, 6.45) is 50.6. The Kier molecular flexibility index (Phi) is 38.8. The quantitative estimate of drug-likeness (QED) is 0.0475. The van der Waals surface area contributed by atoms with Gasteiger partial charge in [0, 0.05) is 0 Å². The molecule has 3 atom stereocenters. The van der Waals surface area contributed by atoms with Gasteiger partial charge in [0.1, 0.15) is 0 Å². The molecule has 0 saturated heterocycles. The van der Waals surface area contributed by atoms with Crippen molar-refractivity contribution in [3.05, 3.63) is 93.2 Å². The fourth-order valence-corrected chi connectivity index (χ4v) is 8.82. The lowest BCUT2D eigenvalue weighted by Crippen LogP contribution is -2.00. The normalized spacial score (nSPS) is 15.9. The molecule has 0 rings (SSSR count). The molecule has 0 aromatic carbocycles. The molecule has 0 spiro atoms. The monoisotopic (exact) mass is 923 g/mol. The van der Waals surface area contributed by atoms with Crippen molar-refractivity contribution in [2.45, 2.75) is 257 Å². The van der Waals surface area contributed by atoms with E-state index in [0.717, 1.165) is 101 Å². The molecule has 0 aromatic heterocycles. The molecule has 0 radical (unpaired) electrons. The van der Waals surface area contributed by atoms with E-state index in [2.05, 4.69) is 143 Å². The van der Waals surface area contributed by atoms with E-state index in [0.29, 0.717) is 12.3 Å². The van der Waals surface area contributed by atoms with Gasteiger partial charge in [0.25, 0.3) is 0 Å². The van der Waals surface area contributed by atoms with Crippen molar-refractivity contribution in [1.29, 1.82) is 0 Å². The van der Waals surface area contributed by atoms with Gasteiger partial charge in [0.2, 0.25) is 0 Å². The summed E-state index contributed by atoms with van der Waals surface area (Å²) in [7, 11) is -4.35. The van der Waals surface area contributed by atoms with Crippen LogP contribution in [-0.2, 0) is 9.09 Å². The minimum atomic E-state index is -4.35. The van der Waals surface area contributed by atoms with Crippen LogP contribution in [0.25, 0.3) is 0 Å². The summed E-state index contributed by atoms with van der Waals surface area (Å²) in [6, 6.07) is 0. The predicted molar refractivity (Wildman–Crippen MR) is 290 cm³/mol. The summed E-state index contributed by atoms with van der Waals surface area (Å²) in [4.78, 5) is 17.6. The van der Waals surface area contributed by atoms with Crippen LogP contribution < -0.4 is 0 Å². The van der Waals surface area contributed by atoms with E-state index in [4.69, 9.17) is 9.79 Å². The highest BCUT2D eigenvalue weighted by Gasteiger charge is 2.14. The maximum Gasteiger partial charge on any atom is 0.469 e. The highest BCUT2D eigenvalue weighted by Crippen LogP contribution is 2.36. The van der Waals surface area contributed by atoms with Crippen molar-refractivity contribution in [3.63, 3.8) is 0 Å². The van der Waals surface area contributed by atoms with E-state index in [9.17, 15) is 4.57 Å². The Hall–Kier alpha value is -1.97. The van der Waals surface area contributed by atoms with E-state index in [1.807, 2.05) is 0 Å². The first kappa shape index (κ1) is 63.0. The van der Waals surface area contributed by atoms with Crippen molar-refractivity contribution < 1.29 is 18.9 Å². The Morgan fingerprint density at radius 3 is 0.938 bits per heavy atom. The van der Waals surface area contributed by atoms with Gasteiger partial charge >= 0.3 is 7.82 Å². The Labute approximate surface area is 405 Å². The van der Waals surface area contributed by atoms with Crippen molar-refractivity contribution in [1.82, 2.24) is 0 Å². The molecule has 0 bridgehead atoms. The van der Waals surface area contributed by atoms with Crippen LogP contribution in [0.3, 0.4) is 0 Å². The number of hydrogen-bond acceptors (Lipinski definition) is 2. The molecule has 0 amide bonds. The molecular formula is C60H107O4P. The predicted octanol–water partition coefficient (Wildman–Crippen LogP) is 20.4. The molecule has 5 heteroatoms. The first-order chi connectivity index (χ1) is 30.7. The van der Waals surface area contributed by atoms with Gasteiger partial charge in [-0.05, 0) is 201 Å². The fourth-order valence-electron chi connectivity index (χ4n) is 8.48. The second kappa shape index (κ2) is 40.0. The van der Waals surface area contributed by atoms with Gasteiger partial charge in [-0.25, -0.2) is 4.57 Å². The fraction of sp³-hybridized carbons (Fsp3) is 0.733. The van der Waals surface area contributed by atoms with Gasteiger partial charge in [-0.15, -0.1) is 0 Å². The van der Waals surface area contributed by atoms with E-state index < -0.39 is 7.82 Å². The molecule has 0 aliphatic carbocycles. The zero-order chi connectivity index (χ0) is 48.9. The maximum absolute atomic E-state index is 10.8. The highest BCUT2D eigenvalue weighted by atomic mass is 31.2. The Balaban J connectivity index is 4.20. The first-order valence-corrected chi connectivity index (χ1v) is 28.2. The molecule has 65 heavy (non-hydrogen) atoms. The molecule has 0 aliphatic rings. The molecular weight excluding hydrogens is 816 g/mol. The Morgan fingerprint density at radius 2 is 0.631 bits per heavy atom. The van der Waals surface area contributed by atoms with Crippen LogP contribution in [-0.4, -0.2) is 16.4 Å². The van der Waals surface area contributed by atoms with Gasteiger partial charge in [0.05, 0.1) is 6.61 Å². The number of allylic oxidation sites excluding steroid dienone is 16. The van der Waals surface area contributed by atoms with Crippen molar-refractivity contribution in [2.75, 3.05) is 6.61 Å². The summed E-state index contributed by atoms with van der Waals surface area (Å²) in [6.45, 7) is 30.2. The van der Waals surface area contributed by atoms with Crippen LogP contribution in [0.15, 0.2) is 93.2 Å². The van der Waals surface area contributed by atoms with Crippen LogP contribution in [0.2, 0.25) is 0 Å². The minimum Gasteiger partial charge on any atom is -0.303 e. The van der Waals surface area contributed by atoms with Gasteiger partial charge in [-0.2, -0.15) is 0 Å². The van der Waals surface area contributed by atoms with Crippen LogP contribution in [0.4, 0.5) is 0 Å². The number of hydrogen-bond donors (Lipinski definition) is 2. The molecule has 376 valence electrons. The topological polar surface area (TPSA) is 66.8 Å². The summed E-state index contributed by atoms with van der Waals surface area (Å²) >= 11 is 0. The third-order valence-corrected chi connectivity index (χ3v) is 13.9. The van der Waals surface area contributed by atoms with E-state index in [1.165, 1.54) is 110 Å². The van der Waals surface area contributed by atoms with E-state index >= 15 is 0 Å². The molecule has 4 nitrogen and oxygen atoms in total. The molecule has 2 N–H and O–H groups in total. The van der Waals surface area contributed by atoms with Crippen molar-refractivity contribution >= 4 is 7.82 Å². The standard InChI is InChI=1S/C60H107O4P/c1-49(2)25-14-26-50(3)27-15-28-51(4)29-16-30-52(5)31-17-32-53(6)33-18-34-54(7)35-19-36-55(8)37-20-38-56(9)39-21-40-57(10)41-22-42-58(11)43-23-44-59(12)45-24-46-60(13)47-48-64-65(61,62)63/h31,33,35,37,39,41,43,45,49-51,60H,14-30,32,34,36,38,40,42,44,46-48H2,1-13H3,(H2,61,62,63)/b52-31-,53-33-,54-35-,55-37-,56-39-,57-41-,58-43-,59-45-/t50-,51-,60-/m0/s1. The number of rotatable bonds is 40. The van der Waals surface area contributed by atoms with Crippen LogP contribution in [0, 0.1) is 23.7 Å². The largest absolute Gasteiger partial charge is 0.469 e. The molecule has 0 heterocycles. The molecule has 0 aliphatic heterocycles. The van der Waals surface area contributed by atoms with Gasteiger partial charge in [-0.3, -0.25) is 4.52 Å². The third-order valence-electron chi connectivity index (χ3n) is 13.4. The summed E-state index contributed by atoms with van der Waals surface area (Å²) in [5, 5.41) is 0. The lowest BCUT2D eigenvalue weighted by atomic mass is 9.91. The molecule has 0 aromatic rings. The van der Waals surface area contributed by atoms with Crippen molar-refractivity contribution in [3.8, 4) is 0 Å². The Bertz CT molecular complexity index is 1520. The molecule has 0 fully saturated rings. The SMILES string of the molecule is C/C(=C/CC/C(C)=C\CC/C(C)=C\CC/C(C)=C\CC[C@H](C)CCOP(=O)(O)O)CC/C=C(/C)CC/C=C(/C)CC/C=C(/C)CC/C=C(/C)CCC[C@@H](C)CCC[C@@H](C)CCCC(C)C. The average Bonchev–Trinajstić information content (AvgIpc) is 3.20. The first-order valence-electron chi connectivity index (χ1n) is 26.7. The van der Waals surface area contributed by atoms with E-state index in [1.54, 1.807) is 11.1 Å². The summed E-state index contributed by atoms with van der Waals surface area (Å²) < 4.78 is 15.4. The lowest BCUT2D eigenvalue weighted by molar-refractivity contribution is 0.185. The minimum absolute atomic E-state index is 0.108. The summed E-state index contributed by atoms with van der Waals surface area (Å²) in [5.41, 5.74) is 12.1. The summed E-state index contributed by atoms with van der Waals surface area (Å²) in [5.74, 6) is 3.00. The van der Waals surface area contributed by atoms with Gasteiger partial charge in [0.15, 0.2) is 0 Å². The molecule has 0 saturated carbocycles. The zero-order valence-corrected chi connectivity index (χ0v) is 46.1. The lowest BCUT2D eigenvalue weighted by Gasteiger charge is -2.15. The Morgan fingerprint density at radius 1 is 0.369 bits per heavy atom. The van der Waals surface area contributed by atoms with Crippen LogP contribution in [0.1, 0.15) is 257 Å². The van der Waals surface area contributed by atoms with E-state index in [-0.39, 0.29) is 6.61 Å². The second-order valence-electron chi connectivity index (χ2n) is 21.3. The van der Waals surface area contributed by atoms with Crippen LogP contribution in [0.5, 0.6) is 0 Å². The average molecular weight is 923 g/mol. The third kappa shape index (κ3) is 44.3. The van der Waals surface area contributed by atoms with Gasteiger partial charge < -0.3 is 9.79 Å². The highest BCUT2D eigenvalue weighted by molar-refractivity contribution is 7.46. The second-order valence-corrected chi connectivity index (χ2v) is 22.6. The molecule has 0 unspecified atom stereocenters. The van der Waals surface area contributed by atoms with Crippen LogP contribution >= 0.6 is 7.82 Å². The number of phosphoric acid groups is 1. The smallest absolute Gasteiger partial charge is 0.303 e. The zero-order valence-electron chi connectivity index (χ0n) is 45.2. The number of phosphoric ester groups is 1.